The van der Waals surface area contributed by atoms with E-state index in [1.54, 1.807) is 7.11 Å². The Kier molecular flexibility index (Phi) is 6.09. The third kappa shape index (κ3) is 4.43. The van der Waals surface area contributed by atoms with Crippen molar-refractivity contribution in [1.82, 2.24) is 19.8 Å². The monoisotopic (exact) mass is 538 g/mol. The van der Waals surface area contributed by atoms with Gasteiger partial charge < -0.3 is 24.8 Å². The highest BCUT2D eigenvalue weighted by atomic mass is 16.5. The minimum Gasteiger partial charge on any atom is -0.497 e. The van der Waals surface area contributed by atoms with E-state index >= 15 is 0 Å². The Morgan fingerprint density at radius 1 is 1.12 bits per heavy atom. The lowest BCUT2D eigenvalue weighted by Crippen LogP contribution is -2.49. The van der Waals surface area contributed by atoms with Crippen molar-refractivity contribution in [2.24, 2.45) is 5.41 Å². The smallest absolute Gasteiger partial charge is 0.322 e. The van der Waals surface area contributed by atoms with Crippen LogP contribution >= 0.6 is 0 Å². The lowest BCUT2D eigenvalue weighted by atomic mass is 9.82. The number of allylic oxidation sites excluding steroid dienone is 4. The molecule has 40 heavy (non-hydrogen) atoms. The average molecular weight is 539 g/mol. The van der Waals surface area contributed by atoms with E-state index in [4.69, 9.17) is 4.74 Å². The van der Waals surface area contributed by atoms with Crippen LogP contribution in [0, 0.1) is 5.41 Å². The zero-order valence-corrected chi connectivity index (χ0v) is 22.8. The molecule has 7 rings (SSSR count). The summed E-state index contributed by atoms with van der Waals surface area (Å²) in [6, 6.07) is 7.72. The number of anilines is 2. The van der Waals surface area contributed by atoms with Crippen LogP contribution in [-0.2, 0) is 6.42 Å². The molecule has 0 unspecified atom stereocenters. The molecule has 1 N–H and O–H groups in total. The topological polar surface area (TPSA) is 90.9 Å². The van der Waals surface area contributed by atoms with E-state index < -0.39 is 0 Å². The fourth-order valence-electron chi connectivity index (χ4n) is 6.66. The van der Waals surface area contributed by atoms with Crippen LogP contribution in [0.2, 0.25) is 0 Å². The van der Waals surface area contributed by atoms with Crippen LogP contribution in [0.1, 0.15) is 48.2 Å². The molecule has 1 saturated carbocycles. The van der Waals surface area contributed by atoms with Gasteiger partial charge in [0.05, 0.1) is 7.11 Å². The van der Waals surface area contributed by atoms with Crippen LogP contribution in [0.3, 0.4) is 0 Å². The number of nitrogens with zero attached hydrogens (tertiary/aromatic N) is 5. The van der Waals surface area contributed by atoms with Crippen molar-refractivity contribution in [2.75, 3.05) is 43.5 Å². The summed E-state index contributed by atoms with van der Waals surface area (Å²) in [6.45, 7) is 2.91. The predicted molar refractivity (Wildman–Crippen MR) is 152 cm³/mol. The number of aromatic nitrogens is 2. The molecular formula is C31H34N6O3. The Labute approximate surface area is 234 Å². The fraction of sp³-hybridized carbons (Fsp3) is 0.419. The standard InChI is InChI=1S/C31H34N6O3/c1-40-24-6-7-26-21(16-24)8-15-37(30(39)34-26)23-9-13-35(14-10-23)28-17-27(32-20-33-28)29(38)36-18-22-4-2-3-5-25(22)31(19-36)11-12-31/h2-3,5-7,16-18,20,23H,4,8-15,19H2,1H3,(H,34,39). The summed E-state index contributed by atoms with van der Waals surface area (Å²) in [5.41, 5.74) is 5.15. The molecule has 1 aromatic heterocycles. The maximum absolute atomic E-state index is 13.6. The zero-order chi connectivity index (χ0) is 27.3. The largest absolute Gasteiger partial charge is 0.497 e. The van der Waals surface area contributed by atoms with Gasteiger partial charge in [-0.2, -0.15) is 0 Å². The van der Waals surface area contributed by atoms with Crippen molar-refractivity contribution in [3.8, 4) is 5.75 Å². The molecule has 2 aliphatic carbocycles. The molecule has 206 valence electrons. The lowest BCUT2D eigenvalue weighted by molar-refractivity contribution is 0.0789. The summed E-state index contributed by atoms with van der Waals surface area (Å²) < 4.78 is 5.36. The number of amides is 3. The van der Waals surface area contributed by atoms with E-state index in [0.717, 1.165) is 74.4 Å². The van der Waals surface area contributed by atoms with Gasteiger partial charge in [0.1, 0.15) is 23.6 Å². The molecule has 2 fully saturated rings. The summed E-state index contributed by atoms with van der Waals surface area (Å²) in [5.74, 6) is 1.50. The van der Waals surface area contributed by atoms with Gasteiger partial charge in [0.15, 0.2) is 0 Å². The molecule has 1 spiro atoms. The summed E-state index contributed by atoms with van der Waals surface area (Å²) in [7, 11) is 1.66. The van der Waals surface area contributed by atoms with E-state index in [0.29, 0.717) is 18.8 Å². The van der Waals surface area contributed by atoms with Crippen LogP contribution in [-0.4, -0.2) is 71.0 Å². The highest BCUT2D eigenvalue weighted by Crippen LogP contribution is 2.57. The first-order valence-electron chi connectivity index (χ1n) is 14.2. The Morgan fingerprint density at radius 3 is 2.77 bits per heavy atom. The number of carbonyl (C=O) groups excluding carboxylic acids is 2. The number of benzene rings is 1. The number of nitrogens with one attached hydrogen (secondary N) is 1. The van der Waals surface area contributed by atoms with Gasteiger partial charge in [-0.05, 0) is 73.4 Å². The van der Waals surface area contributed by atoms with Crippen LogP contribution in [0.25, 0.3) is 0 Å². The number of carbonyl (C=O) groups is 2. The lowest BCUT2D eigenvalue weighted by Gasteiger charge is -2.38. The molecule has 0 radical (unpaired) electrons. The van der Waals surface area contributed by atoms with Gasteiger partial charge in [0.2, 0.25) is 0 Å². The van der Waals surface area contributed by atoms with E-state index in [1.165, 1.54) is 17.5 Å². The number of rotatable bonds is 4. The van der Waals surface area contributed by atoms with E-state index in [1.807, 2.05) is 40.3 Å². The first kappa shape index (κ1) is 24.9. The first-order valence-corrected chi connectivity index (χ1v) is 14.2. The van der Waals surface area contributed by atoms with Crippen LogP contribution in [0.15, 0.2) is 66.2 Å². The Bertz CT molecular complexity index is 1450. The molecule has 1 aromatic carbocycles. The summed E-state index contributed by atoms with van der Waals surface area (Å²) in [4.78, 5) is 41.6. The second-order valence-corrected chi connectivity index (χ2v) is 11.5. The van der Waals surface area contributed by atoms with Crippen molar-refractivity contribution in [3.63, 3.8) is 0 Å². The van der Waals surface area contributed by atoms with Gasteiger partial charge in [0, 0.05) is 55.6 Å². The molecule has 5 aliphatic rings. The maximum atomic E-state index is 13.6. The minimum atomic E-state index is -0.0663. The molecule has 9 nitrogen and oxygen atoms in total. The van der Waals surface area contributed by atoms with E-state index in [2.05, 4.69) is 38.4 Å². The van der Waals surface area contributed by atoms with Gasteiger partial charge in [0.25, 0.3) is 5.91 Å². The SMILES string of the molecule is COc1ccc2c(c1)CCN(C1CCN(c3cc(C(=O)N4C=C5CC=CC=C5C5(CC5)C4)ncn3)CC1)C(=O)N2. The molecule has 3 amide bonds. The molecule has 3 aliphatic heterocycles. The van der Waals surface area contributed by atoms with Gasteiger partial charge in [-0.1, -0.05) is 18.2 Å². The predicted octanol–water partition coefficient (Wildman–Crippen LogP) is 4.55. The first-order chi connectivity index (χ1) is 19.5. The van der Waals surface area contributed by atoms with Crippen molar-refractivity contribution in [1.29, 1.82) is 0 Å². The highest BCUT2D eigenvalue weighted by molar-refractivity contribution is 5.94. The molecule has 0 atom stereocenters. The summed E-state index contributed by atoms with van der Waals surface area (Å²) >= 11 is 0. The summed E-state index contributed by atoms with van der Waals surface area (Å²) in [6.07, 6.45) is 15.6. The van der Waals surface area contributed by atoms with E-state index in [9.17, 15) is 9.59 Å². The molecule has 2 aromatic rings. The molecule has 0 bridgehead atoms. The minimum absolute atomic E-state index is 0.0483. The number of piperidine rings is 1. The van der Waals surface area contributed by atoms with Crippen LogP contribution in [0.5, 0.6) is 5.75 Å². The van der Waals surface area contributed by atoms with Gasteiger partial charge in [-0.25, -0.2) is 14.8 Å². The maximum Gasteiger partial charge on any atom is 0.322 e. The number of hydrogen-bond acceptors (Lipinski definition) is 6. The third-order valence-corrected chi connectivity index (χ3v) is 9.09. The quantitative estimate of drug-likeness (QED) is 0.614. The number of ether oxygens (including phenoxy) is 1. The second-order valence-electron chi connectivity index (χ2n) is 11.5. The van der Waals surface area contributed by atoms with Gasteiger partial charge in [-0.3, -0.25) is 4.79 Å². The summed E-state index contributed by atoms with van der Waals surface area (Å²) in [5, 5.41) is 3.09. The van der Waals surface area contributed by atoms with Crippen molar-refractivity contribution in [2.45, 2.75) is 44.6 Å². The Hall–Kier alpha value is -4.14. The zero-order valence-electron chi connectivity index (χ0n) is 22.8. The van der Waals surface area contributed by atoms with Crippen molar-refractivity contribution < 1.29 is 14.3 Å². The molecule has 1 saturated heterocycles. The van der Waals surface area contributed by atoms with Crippen molar-refractivity contribution in [3.05, 3.63) is 77.4 Å². The molecule has 9 heteroatoms. The van der Waals surface area contributed by atoms with Crippen LogP contribution < -0.4 is 15.0 Å². The van der Waals surface area contributed by atoms with Crippen LogP contribution in [0.4, 0.5) is 16.3 Å². The Morgan fingerprint density at radius 2 is 1.98 bits per heavy atom. The number of methoxy groups -OCH3 is 1. The number of urea groups is 1. The molecule has 4 heterocycles. The Balaban J connectivity index is 1.01. The highest BCUT2D eigenvalue weighted by Gasteiger charge is 2.50. The van der Waals surface area contributed by atoms with Gasteiger partial charge in [-0.15, -0.1) is 0 Å². The molecular weight excluding hydrogens is 504 g/mol. The average Bonchev–Trinajstić information content (AvgIpc) is 3.79. The third-order valence-electron chi connectivity index (χ3n) is 9.09. The van der Waals surface area contributed by atoms with E-state index in [-0.39, 0.29) is 23.4 Å². The fourth-order valence-corrected chi connectivity index (χ4v) is 6.66. The number of fused-ring (bicyclic) bond motifs is 3. The normalized spacial score (nSPS) is 21.6. The number of hydrogen-bond donors (Lipinski definition) is 1. The van der Waals surface area contributed by atoms with Crippen molar-refractivity contribution >= 4 is 23.4 Å². The van der Waals surface area contributed by atoms with Gasteiger partial charge >= 0.3 is 6.03 Å². The second kappa shape index (κ2) is 9.80.